The number of anilines is 1. The van der Waals surface area contributed by atoms with Gasteiger partial charge in [0, 0.05) is 19.0 Å². The number of aryl methyl sites for hydroxylation is 1. The van der Waals surface area contributed by atoms with Crippen molar-refractivity contribution in [1.82, 2.24) is 34.9 Å². The van der Waals surface area contributed by atoms with Gasteiger partial charge in [-0.3, -0.25) is 4.90 Å². The highest BCUT2D eigenvalue weighted by Gasteiger charge is 2.26. The Morgan fingerprint density at radius 2 is 1.88 bits per heavy atom. The van der Waals surface area contributed by atoms with E-state index in [1.807, 2.05) is 17.5 Å². The Labute approximate surface area is 155 Å². The average Bonchev–Trinajstić information content (AvgIpc) is 3.20. The van der Waals surface area contributed by atoms with Crippen LogP contribution in [0.4, 0.5) is 5.82 Å². The Kier molecular flexibility index (Phi) is 4.05. The molecule has 8 nitrogen and oxygen atoms in total. The van der Waals surface area contributed by atoms with E-state index in [-0.39, 0.29) is 0 Å². The molecule has 26 heavy (non-hydrogen) atoms. The normalized spacial score (nSPS) is 19.2. The Bertz CT molecular complexity index is 907. The molecule has 5 rings (SSSR count). The van der Waals surface area contributed by atoms with E-state index in [0.29, 0.717) is 5.92 Å². The van der Waals surface area contributed by atoms with Crippen LogP contribution in [0.3, 0.4) is 0 Å². The molecule has 2 aliphatic heterocycles. The standard InChI is InChI=1S/C17H22N8S/c1-12-18-20-16(26-12)11-23-9-5-13(6-10-23)17-21-19-14-3-4-15(22-25(14)17)24-7-2-8-24/h3-4,13H,2,5-11H2,1H3. The summed E-state index contributed by atoms with van der Waals surface area (Å²) in [5.74, 6) is 2.46. The van der Waals surface area contributed by atoms with E-state index >= 15 is 0 Å². The monoisotopic (exact) mass is 370 g/mol. The number of likely N-dealkylation sites (tertiary alicyclic amines) is 1. The number of hydrogen-bond donors (Lipinski definition) is 0. The van der Waals surface area contributed by atoms with E-state index in [9.17, 15) is 0 Å². The second-order valence-corrected chi connectivity index (χ2v) is 8.39. The smallest absolute Gasteiger partial charge is 0.178 e. The van der Waals surface area contributed by atoms with Gasteiger partial charge in [0.15, 0.2) is 11.5 Å². The van der Waals surface area contributed by atoms with Crippen LogP contribution in [0.25, 0.3) is 5.65 Å². The zero-order chi connectivity index (χ0) is 17.5. The van der Waals surface area contributed by atoms with Crippen molar-refractivity contribution in [2.45, 2.75) is 38.6 Å². The molecule has 0 saturated carbocycles. The molecule has 0 aromatic carbocycles. The third-order valence-electron chi connectivity index (χ3n) is 5.33. The van der Waals surface area contributed by atoms with Crippen LogP contribution in [-0.4, -0.2) is 61.1 Å². The first kappa shape index (κ1) is 16.1. The maximum atomic E-state index is 4.81. The highest BCUT2D eigenvalue weighted by Crippen LogP contribution is 2.28. The molecule has 0 amide bonds. The summed E-state index contributed by atoms with van der Waals surface area (Å²) in [6.45, 7) is 7.19. The van der Waals surface area contributed by atoms with Crippen LogP contribution in [-0.2, 0) is 6.54 Å². The SMILES string of the molecule is Cc1nnc(CN2CCC(c3nnc4ccc(N5CCC5)nn34)CC2)s1. The molecule has 9 heteroatoms. The summed E-state index contributed by atoms with van der Waals surface area (Å²) in [7, 11) is 0. The lowest BCUT2D eigenvalue weighted by Crippen LogP contribution is -2.38. The van der Waals surface area contributed by atoms with E-state index in [4.69, 9.17) is 5.10 Å². The molecule has 136 valence electrons. The number of hydrogen-bond acceptors (Lipinski definition) is 8. The maximum Gasteiger partial charge on any atom is 0.178 e. The average molecular weight is 370 g/mol. The van der Waals surface area contributed by atoms with E-state index < -0.39 is 0 Å². The third kappa shape index (κ3) is 2.95. The Morgan fingerprint density at radius 3 is 2.58 bits per heavy atom. The van der Waals surface area contributed by atoms with E-state index in [2.05, 4.69) is 36.3 Å². The highest BCUT2D eigenvalue weighted by atomic mass is 32.1. The van der Waals surface area contributed by atoms with Gasteiger partial charge < -0.3 is 4.90 Å². The van der Waals surface area contributed by atoms with Crippen LogP contribution in [0.1, 0.15) is 41.0 Å². The van der Waals surface area contributed by atoms with Crippen molar-refractivity contribution in [2.24, 2.45) is 0 Å². The highest BCUT2D eigenvalue weighted by molar-refractivity contribution is 7.11. The zero-order valence-electron chi connectivity index (χ0n) is 14.9. The summed E-state index contributed by atoms with van der Waals surface area (Å²) in [6.07, 6.45) is 3.41. The van der Waals surface area contributed by atoms with Crippen LogP contribution in [0.2, 0.25) is 0 Å². The molecule has 0 bridgehead atoms. The van der Waals surface area contributed by atoms with Gasteiger partial charge >= 0.3 is 0 Å². The van der Waals surface area contributed by atoms with Gasteiger partial charge in [-0.2, -0.15) is 4.52 Å². The first-order chi connectivity index (χ1) is 12.8. The molecule has 3 aromatic heterocycles. The van der Waals surface area contributed by atoms with E-state index in [1.165, 1.54) is 6.42 Å². The fraction of sp³-hybridized carbons (Fsp3) is 0.588. The molecule has 2 saturated heterocycles. The third-order valence-corrected chi connectivity index (χ3v) is 6.16. The molecule has 0 atom stereocenters. The minimum atomic E-state index is 0.413. The summed E-state index contributed by atoms with van der Waals surface area (Å²) in [4.78, 5) is 4.76. The second-order valence-electron chi connectivity index (χ2n) is 7.13. The van der Waals surface area contributed by atoms with Crippen LogP contribution in [0.5, 0.6) is 0 Å². The number of aromatic nitrogens is 6. The largest absolute Gasteiger partial charge is 0.355 e. The van der Waals surface area contributed by atoms with Gasteiger partial charge in [0.25, 0.3) is 0 Å². The van der Waals surface area contributed by atoms with Crippen molar-refractivity contribution >= 4 is 22.8 Å². The number of piperidine rings is 1. The van der Waals surface area contributed by atoms with Crippen molar-refractivity contribution in [3.63, 3.8) is 0 Å². The number of nitrogens with zero attached hydrogens (tertiary/aromatic N) is 8. The van der Waals surface area contributed by atoms with Crippen molar-refractivity contribution in [3.8, 4) is 0 Å². The fourth-order valence-corrected chi connectivity index (χ4v) is 4.46. The van der Waals surface area contributed by atoms with Crippen LogP contribution in [0.15, 0.2) is 12.1 Å². The molecular formula is C17H22N8S. The lowest BCUT2D eigenvalue weighted by molar-refractivity contribution is 0.200. The van der Waals surface area contributed by atoms with E-state index in [0.717, 1.165) is 72.9 Å². The molecule has 0 unspecified atom stereocenters. The molecule has 5 heterocycles. The van der Waals surface area contributed by atoms with Gasteiger partial charge in [0.2, 0.25) is 0 Å². The molecule has 0 aliphatic carbocycles. The van der Waals surface area contributed by atoms with Crippen LogP contribution in [0, 0.1) is 6.92 Å². The van der Waals surface area contributed by atoms with Gasteiger partial charge in [0.1, 0.15) is 15.8 Å². The summed E-state index contributed by atoms with van der Waals surface area (Å²) < 4.78 is 1.96. The summed E-state index contributed by atoms with van der Waals surface area (Å²) in [5.41, 5.74) is 0.844. The molecule has 2 fully saturated rings. The lowest BCUT2D eigenvalue weighted by atomic mass is 9.96. The van der Waals surface area contributed by atoms with Gasteiger partial charge in [-0.1, -0.05) is 0 Å². The fourth-order valence-electron chi connectivity index (χ4n) is 3.71. The molecule has 0 radical (unpaired) electrons. The molecule has 2 aliphatic rings. The van der Waals surface area contributed by atoms with E-state index in [1.54, 1.807) is 11.3 Å². The predicted molar refractivity (Wildman–Crippen MR) is 99.5 cm³/mol. The minimum absolute atomic E-state index is 0.413. The summed E-state index contributed by atoms with van der Waals surface area (Å²) in [6, 6.07) is 4.09. The summed E-state index contributed by atoms with van der Waals surface area (Å²) >= 11 is 1.69. The van der Waals surface area contributed by atoms with Gasteiger partial charge in [-0.25, -0.2) is 0 Å². The number of fused-ring (bicyclic) bond motifs is 1. The van der Waals surface area contributed by atoms with Crippen molar-refractivity contribution in [2.75, 3.05) is 31.1 Å². The second kappa shape index (κ2) is 6.55. The number of rotatable bonds is 4. The van der Waals surface area contributed by atoms with Crippen LogP contribution >= 0.6 is 11.3 Å². The Balaban J connectivity index is 1.30. The summed E-state index contributed by atoms with van der Waals surface area (Å²) in [5, 5.41) is 24.1. The Morgan fingerprint density at radius 1 is 1.04 bits per heavy atom. The minimum Gasteiger partial charge on any atom is -0.355 e. The van der Waals surface area contributed by atoms with Crippen molar-refractivity contribution in [3.05, 3.63) is 28.0 Å². The first-order valence-electron chi connectivity index (χ1n) is 9.25. The van der Waals surface area contributed by atoms with Crippen LogP contribution < -0.4 is 4.90 Å². The first-order valence-corrected chi connectivity index (χ1v) is 10.1. The quantitative estimate of drug-likeness (QED) is 0.694. The zero-order valence-corrected chi connectivity index (χ0v) is 15.7. The predicted octanol–water partition coefficient (Wildman–Crippen LogP) is 1.87. The van der Waals surface area contributed by atoms with Gasteiger partial charge in [-0.05, 0) is 51.4 Å². The van der Waals surface area contributed by atoms with Crippen molar-refractivity contribution < 1.29 is 0 Å². The maximum absolute atomic E-state index is 4.81. The molecule has 0 spiro atoms. The lowest BCUT2D eigenvalue weighted by Gasteiger charge is -2.32. The molecule has 0 N–H and O–H groups in total. The molecule has 3 aromatic rings. The van der Waals surface area contributed by atoms with Crippen molar-refractivity contribution in [1.29, 1.82) is 0 Å². The molecular weight excluding hydrogens is 348 g/mol. The Hall–Kier alpha value is -2.13. The van der Waals surface area contributed by atoms with Gasteiger partial charge in [-0.15, -0.1) is 36.8 Å². The topological polar surface area (TPSA) is 75.3 Å². The van der Waals surface area contributed by atoms with Gasteiger partial charge in [0.05, 0.1) is 6.54 Å².